The van der Waals surface area contributed by atoms with Gasteiger partial charge in [0.05, 0.1) is 5.69 Å². The van der Waals surface area contributed by atoms with Crippen molar-refractivity contribution in [2.45, 2.75) is 6.42 Å². The second-order valence-electron chi connectivity index (χ2n) is 8.10. The number of rotatable bonds is 4. The normalized spacial score (nSPS) is 19.5. The van der Waals surface area contributed by atoms with Crippen molar-refractivity contribution in [2.75, 3.05) is 13.1 Å². The molecule has 0 spiro atoms. The number of pyridine rings is 1. The first-order valence-corrected chi connectivity index (χ1v) is 11.1. The number of fused-ring (bicyclic) bond motifs is 2. The van der Waals surface area contributed by atoms with Crippen molar-refractivity contribution in [3.63, 3.8) is 0 Å². The van der Waals surface area contributed by atoms with Gasteiger partial charge in [-0.15, -0.1) is 0 Å². The van der Waals surface area contributed by atoms with E-state index in [9.17, 15) is 4.39 Å². The van der Waals surface area contributed by atoms with Crippen LogP contribution in [-0.2, 0) is 0 Å². The van der Waals surface area contributed by atoms with Crippen molar-refractivity contribution in [3.8, 4) is 11.3 Å². The molecule has 6 nitrogen and oxygen atoms in total. The summed E-state index contributed by atoms with van der Waals surface area (Å²) in [5.74, 6) is -0.290. The highest BCUT2D eigenvalue weighted by Gasteiger charge is 2.20. The van der Waals surface area contributed by atoms with Crippen LogP contribution in [0, 0.1) is 11.2 Å². The number of hydrogen-bond donors (Lipinski definition) is 5. The van der Waals surface area contributed by atoms with Gasteiger partial charge in [-0.3, -0.25) is 4.98 Å². The fraction of sp³-hybridized carbons (Fsp3) is 0.111. The molecule has 1 aromatic carbocycles. The van der Waals surface area contributed by atoms with Gasteiger partial charge >= 0.3 is 0 Å². The van der Waals surface area contributed by atoms with Crippen LogP contribution in [0.1, 0.15) is 12.1 Å². The molecule has 0 fully saturated rings. The van der Waals surface area contributed by atoms with E-state index in [2.05, 4.69) is 38.8 Å². The number of nitrogens with zero attached hydrogens (tertiary/aromatic N) is 1. The molecule has 0 saturated carbocycles. The smallest absolute Gasteiger partial charge is 0.123 e. The van der Waals surface area contributed by atoms with Crippen molar-refractivity contribution in [1.29, 1.82) is 5.41 Å². The summed E-state index contributed by atoms with van der Waals surface area (Å²) in [4.78, 5) is 8.10. The standard InChI is InChI=1S/C27H25FN6/c28-20-4-1-3-17(11-20)27-23-13-26(34-25(23)7-10-33-27)21-5-2-8-32-24-6-9-31-16-18(12-22(21)24)19(14-29)15-30/h1,3-7,10-16,29,31-32,34H,2,8-9,30H2/b18-16?,19-15+,22-12-,24-6-,29-14?. The Morgan fingerprint density at radius 1 is 1.15 bits per heavy atom. The molecule has 2 aromatic heterocycles. The summed E-state index contributed by atoms with van der Waals surface area (Å²) in [5, 5.41) is 15.5. The first-order chi connectivity index (χ1) is 16.7. The van der Waals surface area contributed by atoms with E-state index < -0.39 is 0 Å². The predicted octanol–water partition coefficient (Wildman–Crippen LogP) is 4.54. The molecule has 2 aliphatic rings. The zero-order valence-electron chi connectivity index (χ0n) is 18.5. The Hall–Kier alpha value is -4.39. The van der Waals surface area contributed by atoms with E-state index in [4.69, 9.17) is 11.1 Å². The molecule has 4 heterocycles. The van der Waals surface area contributed by atoms with Crippen LogP contribution in [-0.4, -0.2) is 29.3 Å². The maximum Gasteiger partial charge on any atom is 0.123 e. The zero-order chi connectivity index (χ0) is 23.5. The lowest BCUT2D eigenvalue weighted by Gasteiger charge is -2.18. The molecule has 0 amide bonds. The van der Waals surface area contributed by atoms with Gasteiger partial charge in [0.15, 0.2) is 0 Å². The topological polar surface area (TPSA) is 103 Å². The van der Waals surface area contributed by atoms with Crippen LogP contribution in [0.4, 0.5) is 4.39 Å². The molecule has 34 heavy (non-hydrogen) atoms. The number of H-pyrrole nitrogens is 1. The second-order valence-corrected chi connectivity index (χ2v) is 8.10. The molecule has 5 rings (SSSR count). The number of halogens is 1. The number of nitrogens with two attached hydrogens (primary N) is 1. The zero-order valence-corrected chi connectivity index (χ0v) is 18.5. The molecule has 0 atom stereocenters. The van der Waals surface area contributed by atoms with Gasteiger partial charge in [0.25, 0.3) is 0 Å². The lowest BCUT2D eigenvalue weighted by Crippen LogP contribution is -2.19. The minimum atomic E-state index is -0.290. The summed E-state index contributed by atoms with van der Waals surface area (Å²) in [6.07, 6.45) is 13.5. The van der Waals surface area contributed by atoms with E-state index in [1.165, 1.54) is 24.5 Å². The quantitative estimate of drug-likeness (QED) is 0.375. The molecule has 6 N–H and O–H groups in total. The Morgan fingerprint density at radius 3 is 2.88 bits per heavy atom. The van der Waals surface area contributed by atoms with Crippen LogP contribution in [0.25, 0.3) is 27.7 Å². The number of nitrogens with one attached hydrogen (secondary N) is 4. The Labute approximate surface area is 197 Å². The average Bonchev–Trinajstić information content (AvgIpc) is 3.17. The Bertz CT molecular complexity index is 1420. The van der Waals surface area contributed by atoms with Gasteiger partial charge < -0.3 is 26.8 Å². The third-order valence-corrected chi connectivity index (χ3v) is 5.97. The van der Waals surface area contributed by atoms with E-state index in [0.717, 1.165) is 63.2 Å². The van der Waals surface area contributed by atoms with Gasteiger partial charge in [-0.1, -0.05) is 18.2 Å². The van der Waals surface area contributed by atoms with Gasteiger partial charge in [-0.2, -0.15) is 0 Å². The van der Waals surface area contributed by atoms with Crippen LogP contribution in [0.5, 0.6) is 0 Å². The summed E-state index contributed by atoms with van der Waals surface area (Å²) in [6, 6.07) is 10.5. The van der Waals surface area contributed by atoms with Gasteiger partial charge in [-0.05, 0) is 42.8 Å². The monoisotopic (exact) mass is 452 g/mol. The molecule has 3 aromatic rings. The van der Waals surface area contributed by atoms with E-state index >= 15 is 0 Å². The van der Waals surface area contributed by atoms with Gasteiger partial charge in [-0.25, -0.2) is 4.39 Å². The molecule has 0 aliphatic carbocycles. The first kappa shape index (κ1) is 21.5. The summed E-state index contributed by atoms with van der Waals surface area (Å²) in [7, 11) is 0. The molecule has 0 bridgehead atoms. The summed E-state index contributed by atoms with van der Waals surface area (Å²) in [5.41, 5.74) is 13.7. The lowest BCUT2D eigenvalue weighted by atomic mass is 9.94. The summed E-state index contributed by atoms with van der Waals surface area (Å²) < 4.78 is 13.9. The van der Waals surface area contributed by atoms with E-state index in [0.29, 0.717) is 12.1 Å². The number of aromatic amines is 1. The maximum atomic E-state index is 13.9. The molecule has 170 valence electrons. The molecule has 7 heteroatoms. The molecule has 0 unspecified atom stereocenters. The highest BCUT2D eigenvalue weighted by atomic mass is 19.1. The molecule has 0 radical (unpaired) electrons. The predicted molar refractivity (Wildman–Crippen MR) is 135 cm³/mol. The number of benzene rings is 1. The Morgan fingerprint density at radius 2 is 2.06 bits per heavy atom. The van der Waals surface area contributed by atoms with E-state index in [-0.39, 0.29) is 5.82 Å². The largest absolute Gasteiger partial charge is 0.404 e. The second kappa shape index (κ2) is 9.23. The van der Waals surface area contributed by atoms with Crippen LogP contribution in [0.15, 0.2) is 95.6 Å². The third-order valence-electron chi connectivity index (χ3n) is 5.97. The van der Waals surface area contributed by atoms with Crippen molar-refractivity contribution in [1.82, 2.24) is 20.6 Å². The summed E-state index contributed by atoms with van der Waals surface area (Å²) >= 11 is 0. The van der Waals surface area contributed by atoms with Crippen molar-refractivity contribution in [3.05, 3.63) is 107 Å². The first-order valence-electron chi connectivity index (χ1n) is 11.1. The van der Waals surface area contributed by atoms with E-state index in [1.807, 2.05) is 24.4 Å². The molecular weight excluding hydrogens is 427 g/mol. The highest BCUT2D eigenvalue weighted by Crippen LogP contribution is 2.35. The minimum Gasteiger partial charge on any atom is -0.404 e. The van der Waals surface area contributed by atoms with Gasteiger partial charge in [0.2, 0.25) is 0 Å². The fourth-order valence-corrected chi connectivity index (χ4v) is 4.35. The third kappa shape index (κ3) is 4.03. The Kier molecular flexibility index (Phi) is 5.82. The average molecular weight is 453 g/mol. The SMILES string of the molecule is N=C/C(=C\N)C1=CNC/C=C2\NCCC=C(c3cc4c(-c5cccc(F)c5)nccc4[nH]3)\C2=C\1. The van der Waals surface area contributed by atoms with E-state index in [1.54, 1.807) is 12.3 Å². The van der Waals surface area contributed by atoms with Crippen molar-refractivity contribution in [2.24, 2.45) is 5.73 Å². The van der Waals surface area contributed by atoms with Gasteiger partial charge in [0.1, 0.15) is 5.82 Å². The summed E-state index contributed by atoms with van der Waals surface area (Å²) in [6.45, 7) is 1.46. The molecule has 0 saturated heterocycles. The number of allylic oxidation sites excluding steroid dienone is 4. The molecule has 2 aliphatic heterocycles. The number of hydrogen-bond acceptors (Lipinski definition) is 5. The fourth-order valence-electron chi connectivity index (χ4n) is 4.35. The molecular formula is C27H25FN6. The number of aromatic nitrogens is 2. The highest BCUT2D eigenvalue weighted by molar-refractivity contribution is 5.97. The van der Waals surface area contributed by atoms with Crippen molar-refractivity contribution >= 4 is 22.7 Å². The van der Waals surface area contributed by atoms with Crippen molar-refractivity contribution < 1.29 is 4.39 Å². The van der Waals surface area contributed by atoms with Crippen LogP contribution in [0.2, 0.25) is 0 Å². The maximum absolute atomic E-state index is 13.9. The van der Waals surface area contributed by atoms with Crippen LogP contribution in [0.3, 0.4) is 0 Å². The lowest BCUT2D eigenvalue weighted by molar-refractivity contribution is 0.628. The minimum absolute atomic E-state index is 0.290. The van der Waals surface area contributed by atoms with Crippen LogP contribution < -0.4 is 16.4 Å². The Balaban J connectivity index is 1.67. The van der Waals surface area contributed by atoms with Crippen LogP contribution >= 0.6 is 0 Å². The van der Waals surface area contributed by atoms with Gasteiger partial charge in [0, 0.05) is 88.1 Å².